The highest BCUT2D eigenvalue weighted by Gasteiger charge is 2.34. The van der Waals surface area contributed by atoms with E-state index in [1.54, 1.807) is 0 Å². The number of hydrogen-bond acceptors (Lipinski definition) is 4. The number of halogens is 2. The third-order valence-corrected chi connectivity index (χ3v) is 6.08. The van der Waals surface area contributed by atoms with Crippen LogP contribution in [0, 0.1) is 0 Å². The first kappa shape index (κ1) is 21.5. The summed E-state index contributed by atoms with van der Waals surface area (Å²) in [6.45, 7) is 2.25. The molecule has 158 valence electrons. The Morgan fingerprint density at radius 2 is 1.86 bits per heavy atom. The molecule has 28 heavy (non-hydrogen) atoms. The molecule has 1 saturated heterocycles. The van der Waals surface area contributed by atoms with Crippen molar-refractivity contribution in [1.82, 2.24) is 9.80 Å². The van der Waals surface area contributed by atoms with E-state index in [1.165, 1.54) is 32.1 Å². The quantitative estimate of drug-likeness (QED) is 0.723. The molecular formula is C22H34F2N2O2. The number of piperidine rings is 1. The van der Waals surface area contributed by atoms with Gasteiger partial charge in [0.2, 0.25) is 0 Å². The van der Waals surface area contributed by atoms with Crippen molar-refractivity contribution in [1.29, 1.82) is 0 Å². The summed E-state index contributed by atoms with van der Waals surface area (Å²) in [6.07, 6.45) is 5.58. The van der Waals surface area contributed by atoms with E-state index >= 15 is 0 Å². The van der Waals surface area contributed by atoms with E-state index in [1.807, 2.05) is 29.2 Å². The van der Waals surface area contributed by atoms with E-state index in [4.69, 9.17) is 4.74 Å². The molecule has 1 heterocycles. The molecule has 1 saturated carbocycles. The highest BCUT2D eigenvalue weighted by Crippen LogP contribution is 2.29. The lowest BCUT2D eigenvalue weighted by Crippen LogP contribution is -2.40. The maximum Gasteiger partial charge on any atom is 0.250 e. The fraction of sp³-hybridized carbons (Fsp3) is 0.727. The SMILES string of the molecule is CN(C[C@@H](O)COc1ccccc1CN1CCC(F)(F)CC1)C1CCCCC1. The Balaban J connectivity index is 1.47. The predicted octanol–water partition coefficient (Wildman–Crippen LogP) is 3.92. The van der Waals surface area contributed by atoms with Crippen LogP contribution in [-0.2, 0) is 6.54 Å². The lowest BCUT2D eigenvalue weighted by Gasteiger charge is -2.33. The van der Waals surface area contributed by atoms with Gasteiger partial charge in [0.15, 0.2) is 0 Å². The van der Waals surface area contributed by atoms with Crippen molar-refractivity contribution < 1.29 is 18.6 Å². The van der Waals surface area contributed by atoms with Crippen LogP contribution in [0.3, 0.4) is 0 Å². The molecule has 1 aliphatic heterocycles. The normalized spacial score (nSPS) is 22.3. The highest BCUT2D eigenvalue weighted by molar-refractivity contribution is 5.33. The topological polar surface area (TPSA) is 35.9 Å². The zero-order valence-corrected chi connectivity index (χ0v) is 17.0. The van der Waals surface area contributed by atoms with Crippen molar-refractivity contribution >= 4 is 0 Å². The molecule has 0 amide bonds. The molecule has 0 radical (unpaired) electrons. The Bertz CT molecular complexity index is 598. The van der Waals surface area contributed by atoms with Gasteiger partial charge in [-0.1, -0.05) is 37.5 Å². The van der Waals surface area contributed by atoms with Gasteiger partial charge in [-0.25, -0.2) is 8.78 Å². The van der Waals surface area contributed by atoms with E-state index in [0.717, 1.165) is 11.3 Å². The average Bonchev–Trinajstić information content (AvgIpc) is 2.69. The van der Waals surface area contributed by atoms with Crippen molar-refractivity contribution in [3.63, 3.8) is 0 Å². The monoisotopic (exact) mass is 396 g/mol. The maximum absolute atomic E-state index is 13.4. The van der Waals surface area contributed by atoms with Crippen LogP contribution in [0.15, 0.2) is 24.3 Å². The Kier molecular flexibility index (Phi) is 7.66. The summed E-state index contributed by atoms with van der Waals surface area (Å²) >= 11 is 0. The van der Waals surface area contributed by atoms with Gasteiger partial charge in [0.1, 0.15) is 18.5 Å². The van der Waals surface area contributed by atoms with Gasteiger partial charge in [-0.05, 0) is 26.0 Å². The second kappa shape index (κ2) is 9.99. The molecule has 0 bridgehead atoms. The number of nitrogens with zero attached hydrogens (tertiary/aromatic N) is 2. The number of ether oxygens (including phenoxy) is 1. The third-order valence-electron chi connectivity index (χ3n) is 6.08. The van der Waals surface area contributed by atoms with Gasteiger partial charge in [0, 0.05) is 50.6 Å². The molecule has 0 spiro atoms. The molecule has 0 unspecified atom stereocenters. The lowest BCUT2D eigenvalue weighted by molar-refractivity contribution is -0.0567. The third kappa shape index (κ3) is 6.39. The largest absolute Gasteiger partial charge is 0.491 e. The minimum Gasteiger partial charge on any atom is -0.491 e. The summed E-state index contributed by atoms with van der Waals surface area (Å²) in [6, 6.07) is 8.28. The first-order valence-corrected chi connectivity index (χ1v) is 10.6. The van der Waals surface area contributed by atoms with E-state index < -0.39 is 12.0 Å². The summed E-state index contributed by atoms with van der Waals surface area (Å²) in [5.74, 6) is -1.79. The smallest absolute Gasteiger partial charge is 0.250 e. The van der Waals surface area contributed by atoms with Crippen molar-refractivity contribution in [2.45, 2.75) is 69.6 Å². The predicted molar refractivity (Wildman–Crippen MR) is 107 cm³/mol. The number of likely N-dealkylation sites (N-methyl/N-ethyl adjacent to an activating group) is 1. The van der Waals surface area contributed by atoms with Crippen molar-refractivity contribution in [3.05, 3.63) is 29.8 Å². The molecule has 1 aromatic carbocycles. The van der Waals surface area contributed by atoms with Gasteiger partial charge in [-0.3, -0.25) is 4.90 Å². The average molecular weight is 397 g/mol. The molecule has 1 aromatic rings. The van der Waals surface area contributed by atoms with Crippen LogP contribution in [0.4, 0.5) is 8.78 Å². The van der Waals surface area contributed by atoms with E-state index in [0.29, 0.717) is 32.2 Å². The van der Waals surface area contributed by atoms with Gasteiger partial charge in [-0.2, -0.15) is 0 Å². The molecule has 2 aliphatic rings. The molecule has 2 fully saturated rings. The summed E-state index contributed by atoms with van der Waals surface area (Å²) < 4.78 is 32.6. The molecular weight excluding hydrogens is 362 g/mol. The molecule has 0 aromatic heterocycles. The number of rotatable bonds is 8. The minimum atomic E-state index is -2.53. The molecule has 1 N–H and O–H groups in total. The van der Waals surface area contributed by atoms with Crippen LogP contribution in [0.2, 0.25) is 0 Å². The zero-order chi connectivity index (χ0) is 20.0. The van der Waals surface area contributed by atoms with Crippen LogP contribution in [0.5, 0.6) is 5.75 Å². The number of likely N-dealkylation sites (tertiary alicyclic amines) is 1. The highest BCUT2D eigenvalue weighted by atomic mass is 19.3. The standard InChI is InChI=1S/C22H34F2N2O2/c1-25(19-8-3-2-4-9-19)16-20(27)17-28-21-10-6-5-7-18(21)15-26-13-11-22(23,24)12-14-26/h5-7,10,19-20,27H,2-4,8-9,11-17H2,1H3/t20-/m1/s1. The van der Waals surface area contributed by atoms with E-state index in [-0.39, 0.29) is 19.4 Å². The van der Waals surface area contributed by atoms with Gasteiger partial charge < -0.3 is 14.7 Å². The van der Waals surface area contributed by atoms with Gasteiger partial charge >= 0.3 is 0 Å². The van der Waals surface area contributed by atoms with Crippen LogP contribution in [-0.4, -0.2) is 66.3 Å². The lowest BCUT2D eigenvalue weighted by atomic mass is 9.94. The van der Waals surface area contributed by atoms with Crippen LogP contribution in [0.1, 0.15) is 50.5 Å². The number of alkyl halides is 2. The summed E-state index contributed by atoms with van der Waals surface area (Å²) in [5, 5.41) is 10.4. The summed E-state index contributed by atoms with van der Waals surface area (Å²) in [7, 11) is 2.08. The van der Waals surface area contributed by atoms with Crippen LogP contribution < -0.4 is 4.74 Å². The fourth-order valence-electron chi connectivity index (χ4n) is 4.30. The van der Waals surface area contributed by atoms with Gasteiger partial charge in [0.25, 0.3) is 5.92 Å². The number of aliphatic hydroxyl groups excluding tert-OH is 1. The van der Waals surface area contributed by atoms with Crippen molar-refractivity contribution in [2.75, 3.05) is 33.3 Å². The zero-order valence-electron chi connectivity index (χ0n) is 17.0. The minimum absolute atomic E-state index is 0.0811. The summed E-state index contributed by atoms with van der Waals surface area (Å²) in [5.41, 5.74) is 0.987. The van der Waals surface area contributed by atoms with Gasteiger partial charge in [0.05, 0.1) is 0 Å². The second-order valence-electron chi connectivity index (χ2n) is 8.44. The fourth-order valence-corrected chi connectivity index (χ4v) is 4.30. The number of hydrogen-bond donors (Lipinski definition) is 1. The second-order valence-corrected chi connectivity index (χ2v) is 8.44. The first-order valence-electron chi connectivity index (χ1n) is 10.6. The Labute approximate surface area is 167 Å². The molecule has 1 aliphatic carbocycles. The first-order chi connectivity index (χ1) is 13.4. The Morgan fingerprint density at radius 1 is 1.18 bits per heavy atom. The summed E-state index contributed by atoms with van der Waals surface area (Å²) in [4.78, 5) is 4.31. The van der Waals surface area contributed by atoms with Gasteiger partial charge in [-0.15, -0.1) is 0 Å². The number of aliphatic hydroxyl groups is 1. The molecule has 6 heteroatoms. The van der Waals surface area contributed by atoms with Crippen LogP contribution in [0.25, 0.3) is 0 Å². The van der Waals surface area contributed by atoms with Crippen molar-refractivity contribution in [2.24, 2.45) is 0 Å². The number of benzene rings is 1. The van der Waals surface area contributed by atoms with E-state index in [9.17, 15) is 13.9 Å². The van der Waals surface area contributed by atoms with Crippen LogP contribution >= 0.6 is 0 Å². The molecule has 1 atom stereocenters. The molecule has 4 nitrogen and oxygen atoms in total. The van der Waals surface area contributed by atoms with E-state index in [2.05, 4.69) is 11.9 Å². The molecule has 3 rings (SSSR count). The Hall–Kier alpha value is -1.24. The van der Waals surface area contributed by atoms with Crippen molar-refractivity contribution in [3.8, 4) is 5.75 Å². The Morgan fingerprint density at radius 3 is 2.57 bits per heavy atom. The maximum atomic E-state index is 13.4. The number of para-hydroxylation sites is 1.